The predicted octanol–water partition coefficient (Wildman–Crippen LogP) is 5.14. The van der Waals surface area contributed by atoms with Gasteiger partial charge in [0, 0.05) is 54.8 Å². The molecule has 1 fully saturated rings. The standard InChI is InChI=1S/C21H23N3S.2ClH/c1-4-19(16-22-9-1)21-18(3-2-10-23-21)15-17-5-7-20(8-6-17)24-11-13-25-14-12-24;;/h1,4-9,15-16H,2-3,10-14H2;2*1H. The number of anilines is 1. The Bertz CT molecular complexity index is 770. The van der Waals surface area contributed by atoms with Gasteiger partial charge in [-0.05, 0) is 54.3 Å². The van der Waals surface area contributed by atoms with E-state index >= 15 is 0 Å². The first-order valence-electron chi connectivity index (χ1n) is 8.99. The van der Waals surface area contributed by atoms with Crippen molar-refractivity contribution < 1.29 is 0 Å². The quantitative estimate of drug-likeness (QED) is 0.685. The third-order valence-corrected chi connectivity index (χ3v) is 5.67. The summed E-state index contributed by atoms with van der Waals surface area (Å²) in [5, 5.41) is 0. The second-order valence-corrected chi connectivity index (χ2v) is 7.66. The molecule has 0 N–H and O–H groups in total. The summed E-state index contributed by atoms with van der Waals surface area (Å²) in [6.07, 6.45) is 8.22. The summed E-state index contributed by atoms with van der Waals surface area (Å²) in [5.74, 6) is 2.47. The Hall–Kier alpha value is -1.49. The van der Waals surface area contributed by atoms with E-state index in [0.717, 1.165) is 43.8 Å². The average Bonchev–Trinajstić information content (AvgIpc) is 2.70. The van der Waals surface area contributed by atoms with Gasteiger partial charge in [0.25, 0.3) is 0 Å². The number of aliphatic imine (C=N–C) groups is 1. The summed E-state index contributed by atoms with van der Waals surface area (Å²) in [7, 11) is 0. The minimum Gasteiger partial charge on any atom is -0.370 e. The summed E-state index contributed by atoms with van der Waals surface area (Å²) in [6, 6.07) is 13.1. The Morgan fingerprint density at radius 2 is 1.78 bits per heavy atom. The zero-order valence-electron chi connectivity index (χ0n) is 15.2. The average molecular weight is 422 g/mol. The number of halogens is 2. The molecule has 1 saturated heterocycles. The van der Waals surface area contributed by atoms with Gasteiger partial charge in [-0.25, -0.2) is 0 Å². The molecule has 4 rings (SSSR count). The van der Waals surface area contributed by atoms with Gasteiger partial charge < -0.3 is 4.90 Å². The van der Waals surface area contributed by atoms with E-state index < -0.39 is 0 Å². The second kappa shape index (κ2) is 10.7. The third-order valence-electron chi connectivity index (χ3n) is 4.72. The van der Waals surface area contributed by atoms with Crippen LogP contribution in [0.1, 0.15) is 24.0 Å². The van der Waals surface area contributed by atoms with Crippen molar-refractivity contribution in [3.05, 3.63) is 65.5 Å². The lowest BCUT2D eigenvalue weighted by molar-refractivity contribution is 0.818. The Kier molecular flexibility index (Phi) is 8.68. The minimum atomic E-state index is 0. The van der Waals surface area contributed by atoms with Gasteiger partial charge >= 0.3 is 0 Å². The molecule has 144 valence electrons. The van der Waals surface area contributed by atoms with Gasteiger partial charge in [0.05, 0.1) is 5.71 Å². The van der Waals surface area contributed by atoms with Crippen molar-refractivity contribution in [3.8, 4) is 0 Å². The van der Waals surface area contributed by atoms with Gasteiger partial charge in [0.15, 0.2) is 0 Å². The van der Waals surface area contributed by atoms with E-state index in [1.807, 2.05) is 30.2 Å². The van der Waals surface area contributed by atoms with Crippen molar-refractivity contribution in [1.29, 1.82) is 0 Å². The van der Waals surface area contributed by atoms with E-state index in [9.17, 15) is 0 Å². The molecule has 0 unspecified atom stereocenters. The molecule has 0 bridgehead atoms. The molecule has 6 heteroatoms. The Morgan fingerprint density at radius 1 is 1.00 bits per heavy atom. The first-order valence-corrected chi connectivity index (χ1v) is 10.1. The van der Waals surface area contributed by atoms with Gasteiger partial charge in [-0.15, -0.1) is 24.8 Å². The number of pyridine rings is 1. The molecule has 2 aliphatic rings. The lowest BCUT2D eigenvalue weighted by Crippen LogP contribution is -2.32. The first-order chi connectivity index (χ1) is 12.4. The molecular formula is C21H25Cl2N3S. The van der Waals surface area contributed by atoms with Crippen LogP contribution in [0.15, 0.2) is 59.4 Å². The van der Waals surface area contributed by atoms with Crippen molar-refractivity contribution in [3.63, 3.8) is 0 Å². The predicted molar refractivity (Wildman–Crippen MR) is 123 cm³/mol. The molecule has 0 atom stereocenters. The molecule has 3 heterocycles. The number of rotatable bonds is 3. The number of hydrogen-bond donors (Lipinski definition) is 0. The summed E-state index contributed by atoms with van der Waals surface area (Å²) in [4.78, 5) is 11.5. The molecule has 2 aliphatic heterocycles. The SMILES string of the molecule is C(=C1CCCN=C1c1cccnc1)c1ccc(N2CCSCC2)cc1.Cl.Cl. The highest BCUT2D eigenvalue weighted by Crippen LogP contribution is 2.24. The molecule has 0 aliphatic carbocycles. The fourth-order valence-electron chi connectivity index (χ4n) is 3.40. The maximum Gasteiger partial charge on any atom is 0.0694 e. The fourth-order valence-corrected chi connectivity index (χ4v) is 4.31. The van der Waals surface area contributed by atoms with Gasteiger partial charge in [0.2, 0.25) is 0 Å². The first kappa shape index (κ1) is 21.8. The smallest absolute Gasteiger partial charge is 0.0694 e. The molecule has 2 aromatic rings. The number of thioether (sulfide) groups is 1. The van der Waals surface area contributed by atoms with Crippen LogP contribution >= 0.6 is 36.6 Å². The number of benzene rings is 1. The summed E-state index contributed by atoms with van der Waals surface area (Å²) in [6.45, 7) is 3.22. The van der Waals surface area contributed by atoms with E-state index in [1.54, 1.807) is 0 Å². The van der Waals surface area contributed by atoms with Gasteiger partial charge in [0.1, 0.15) is 0 Å². The highest BCUT2D eigenvalue weighted by molar-refractivity contribution is 7.99. The zero-order chi connectivity index (χ0) is 16.9. The van der Waals surface area contributed by atoms with Crippen LogP contribution in [0.2, 0.25) is 0 Å². The second-order valence-electron chi connectivity index (χ2n) is 6.44. The fraction of sp³-hybridized carbons (Fsp3) is 0.333. The Morgan fingerprint density at radius 3 is 2.48 bits per heavy atom. The molecule has 27 heavy (non-hydrogen) atoms. The van der Waals surface area contributed by atoms with E-state index in [0.29, 0.717) is 0 Å². The highest BCUT2D eigenvalue weighted by Gasteiger charge is 2.15. The van der Waals surface area contributed by atoms with Crippen molar-refractivity contribution in [2.24, 2.45) is 4.99 Å². The van der Waals surface area contributed by atoms with Crippen molar-refractivity contribution in [2.45, 2.75) is 12.8 Å². The molecule has 3 nitrogen and oxygen atoms in total. The maximum absolute atomic E-state index is 4.77. The zero-order valence-corrected chi connectivity index (χ0v) is 17.7. The molecular weight excluding hydrogens is 397 g/mol. The monoisotopic (exact) mass is 421 g/mol. The van der Waals surface area contributed by atoms with Crippen LogP contribution in [-0.2, 0) is 0 Å². The van der Waals surface area contributed by atoms with Crippen LogP contribution in [0.3, 0.4) is 0 Å². The largest absolute Gasteiger partial charge is 0.370 e. The lowest BCUT2D eigenvalue weighted by Gasteiger charge is -2.28. The van der Waals surface area contributed by atoms with Crippen LogP contribution in [0.5, 0.6) is 0 Å². The topological polar surface area (TPSA) is 28.5 Å². The van der Waals surface area contributed by atoms with E-state index in [4.69, 9.17) is 4.99 Å². The number of aromatic nitrogens is 1. The third kappa shape index (κ3) is 5.50. The summed E-state index contributed by atoms with van der Waals surface area (Å²) < 4.78 is 0. The Balaban J connectivity index is 0.00000131. The normalized spacial score (nSPS) is 18.3. The van der Waals surface area contributed by atoms with Gasteiger partial charge in [-0.1, -0.05) is 12.1 Å². The molecule has 0 amide bonds. The van der Waals surface area contributed by atoms with Crippen LogP contribution in [0.25, 0.3) is 6.08 Å². The van der Waals surface area contributed by atoms with E-state index in [-0.39, 0.29) is 24.8 Å². The van der Waals surface area contributed by atoms with Gasteiger partial charge in [-0.2, -0.15) is 11.8 Å². The number of allylic oxidation sites excluding steroid dienone is 1. The molecule has 1 aromatic carbocycles. The number of hydrogen-bond acceptors (Lipinski definition) is 4. The van der Waals surface area contributed by atoms with E-state index in [1.165, 1.54) is 28.3 Å². The van der Waals surface area contributed by atoms with Gasteiger partial charge in [-0.3, -0.25) is 9.98 Å². The van der Waals surface area contributed by atoms with Crippen molar-refractivity contribution >= 4 is 54.1 Å². The lowest BCUT2D eigenvalue weighted by atomic mass is 9.95. The van der Waals surface area contributed by atoms with Crippen LogP contribution in [0, 0.1) is 0 Å². The number of nitrogens with zero attached hydrogens (tertiary/aromatic N) is 3. The van der Waals surface area contributed by atoms with Crippen LogP contribution in [-0.4, -0.2) is 41.8 Å². The molecule has 1 aromatic heterocycles. The Labute approximate surface area is 178 Å². The summed E-state index contributed by atoms with van der Waals surface area (Å²) in [5.41, 5.74) is 6.14. The van der Waals surface area contributed by atoms with Crippen LogP contribution < -0.4 is 4.90 Å². The van der Waals surface area contributed by atoms with Crippen LogP contribution in [0.4, 0.5) is 5.69 Å². The van der Waals surface area contributed by atoms with Crippen molar-refractivity contribution in [2.75, 3.05) is 36.0 Å². The minimum absolute atomic E-state index is 0. The van der Waals surface area contributed by atoms with Crippen molar-refractivity contribution in [1.82, 2.24) is 4.98 Å². The van der Waals surface area contributed by atoms with E-state index in [2.05, 4.69) is 46.3 Å². The molecule has 0 spiro atoms. The maximum atomic E-state index is 4.77. The molecule has 0 saturated carbocycles. The molecule has 0 radical (unpaired) electrons. The highest BCUT2D eigenvalue weighted by atomic mass is 35.5. The summed E-state index contributed by atoms with van der Waals surface area (Å²) >= 11 is 2.05.